The number of primary amides is 1. The van der Waals surface area contributed by atoms with Crippen LogP contribution in [0.1, 0.15) is 57.1 Å². The van der Waals surface area contributed by atoms with Gasteiger partial charge in [0.1, 0.15) is 0 Å². The van der Waals surface area contributed by atoms with Gasteiger partial charge in [0.15, 0.2) is 5.54 Å². The number of aromatic nitrogens is 3. The fourth-order valence-electron chi connectivity index (χ4n) is 3.35. The number of carbonyl (C=O) groups is 1. The molecule has 0 atom stereocenters. The molecule has 21 heavy (non-hydrogen) atoms. The zero-order chi connectivity index (χ0) is 14.9. The third-order valence-corrected chi connectivity index (χ3v) is 5.10. The molecule has 112 valence electrons. The van der Waals surface area contributed by atoms with E-state index in [1.165, 1.54) is 6.42 Å². The molecule has 2 N–H and O–H groups in total. The van der Waals surface area contributed by atoms with Crippen molar-refractivity contribution in [1.29, 1.82) is 5.26 Å². The topological polar surface area (TPSA) is 97.6 Å². The van der Waals surface area contributed by atoms with Gasteiger partial charge in [0.2, 0.25) is 5.91 Å². The van der Waals surface area contributed by atoms with Crippen LogP contribution in [0.25, 0.3) is 0 Å². The Bertz CT molecular complexity index is 575. The van der Waals surface area contributed by atoms with Crippen LogP contribution in [0.4, 0.5) is 0 Å². The predicted molar refractivity (Wildman–Crippen MR) is 75.9 cm³/mol. The summed E-state index contributed by atoms with van der Waals surface area (Å²) in [5.41, 5.74) is 5.67. The van der Waals surface area contributed by atoms with Crippen molar-refractivity contribution >= 4 is 5.91 Å². The smallest absolute Gasteiger partial charge is 0.223 e. The zero-order valence-electron chi connectivity index (χ0n) is 12.2. The first kappa shape index (κ1) is 14.1. The van der Waals surface area contributed by atoms with E-state index in [2.05, 4.69) is 16.4 Å². The summed E-state index contributed by atoms with van der Waals surface area (Å²) in [5.74, 6) is -0.176. The SMILES string of the molecule is N#CC1(n2cc(CCC3(C(N)=O)CCCCC3)nn2)CC1. The minimum Gasteiger partial charge on any atom is -0.369 e. The van der Waals surface area contributed by atoms with Gasteiger partial charge in [-0.15, -0.1) is 5.10 Å². The van der Waals surface area contributed by atoms with E-state index in [4.69, 9.17) is 11.0 Å². The summed E-state index contributed by atoms with van der Waals surface area (Å²) in [7, 11) is 0. The molecule has 0 spiro atoms. The number of hydrogen-bond acceptors (Lipinski definition) is 4. The molecule has 6 nitrogen and oxygen atoms in total. The summed E-state index contributed by atoms with van der Waals surface area (Å²) in [6, 6.07) is 2.30. The fraction of sp³-hybridized carbons (Fsp3) is 0.733. The Kier molecular flexibility index (Phi) is 3.44. The quantitative estimate of drug-likeness (QED) is 0.890. The molecule has 0 unspecified atom stereocenters. The highest BCUT2D eigenvalue weighted by molar-refractivity contribution is 5.80. The largest absolute Gasteiger partial charge is 0.369 e. The highest BCUT2D eigenvalue weighted by Gasteiger charge is 2.46. The lowest BCUT2D eigenvalue weighted by Crippen LogP contribution is -2.39. The van der Waals surface area contributed by atoms with E-state index in [0.29, 0.717) is 6.42 Å². The van der Waals surface area contributed by atoms with Gasteiger partial charge in [-0.3, -0.25) is 4.79 Å². The van der Waals surface area contributed by atoms with Gasteiger partial charge in [-0.1, -0.05) is 24.5 Å². The Hall–Kier alpha value is -1.90. The van der Waals surface area contributed by atoms with E-state index in [9.17, 15) is 4.79 Å². The number of aryl methyl sites for hydroxylation is 1. The molecule has 1 amide bonds. The summed E-state index contributed by atoms with van der Waals surface area (Å²) >= 11 is 0. The number of carbonyl (C=O) groups excluding carboxylic acids is 1. The molecule has 2 saturated carbocycles. The van der Waals surface area contributed by atoms with E-state index >= 15 is 0 Å². The Morgan fingerprint density at radius 3 is 2.62 bits per heavy atom. The first-order chi connectivity index (χ1) is 10.1. The number of rotatable bonds is 5. The van der Waals surface area contributed by atoms with Crippen LogP contribution < -0.4 is 5.73 Å². The molecule has 2 fully saturated rings. The lowest BCUT2D eigenvalue weighted by Gasteiger charge is -2.34. The predicted octanol–water partition coefficient (Wildman–Crippen LogP) is 1.66. The van der Waals surface area contributed by atoms with Crippen LogP contribution in [0.5, 0.6) is 0 Å². The third kappa shape index (κ3) is 2.53. The number of nitrogens with two attached hydrogens (primary N) is 1. The van der Waals surface area contributed by atoms with Crippen molar-refractivity contribution in [3.05, 3.63) is 11.9 Å². The van der Waals surface area contributed by atoms with Crippen molar-refractivity contribution in [3.8, 4) is 6.07 Å². The molecule has 1 aromatic rings. The molecule has 6 heteroatoms. The summed E-state index contributed by atoms with van der Waals surface area (Å²) < 4.78 is 1.68. The lowest BCUT2D eigenvalue weighted by molar-refractivity contribution is -0.130. The molecule has 1 aromatic heterocycles. The van der Waals surface area contributed by atoms with Crippen LogP contribution in [0, 0.1) is 16.7 Å². The van der Waals surface area contributed by atoms with Crippen LogP contribution in [0.15, 0.2) is 6.20 Å². The van der Waals surface area contributed by atoms with E-state index in [0.717, 1.165) is 50.6 Å². The molecular formula is C15H21N5O. The summed E-state index contributed by atoms with van der Waals surface area (Å²) in [4.78, 5) is 11.9. The van der Waals surface area contributed by atoms with Crippen molar-refractivity contribution < 1.29 is 4.79 Å². The minimum atomic E-state index is -0.461. The van der Waals surface area contributed by atoms with Crippen molar-refractivity contribution in [2.75, 3.05) is 0 Å². The van der Waals surface area contributed by atoms with E-state index < -0.39 is 5.54 Å². The van der Waals surface area contributed by atoms with Crippen molar-refractivity contribution in [1.82, 2.24) is 15.0 Å². The second-order valence-electron chi connectivity index (χ2n) is 6.50. The molecule has 0 saturated heterocycles. The molecule has 2 aliphatic rings. The highest BCUT2D eigenvalue weighted by Crippen LogP contribution is 2.42. The number of nitriles is 1. The first-order valence-corrected chi connectivity index (χ1v) is 7.73. The fourth-order valence-corrected chi connectivity index (χ4v) is 3.35. The molecule has 0 aliphatic heterocycles. The molecule has 0 bridgehead atoms. The van der Waals surface area contributed by atoms with Crippen LogP contribution in [-0.4, -0.2) is 20.9 Å². The zero-order valence-corrected chi connectivity index (χ0v) is 12.2. The summed E-state index contributed by atoms with van der Waals surface area (Å²) in [6.07, 6.45) is 10.1. The Morgan fingerprint density at radius 2 is 2.05 bits per heavy atom. The summed E-state index contributed by atoms with van der Waals surface area (Å²) in [6.45, 7) is 0. The van der Waals surface area contributed by atoms with Crippen LogP contribution in [0.2, 0.25) is 0 Å². The Morgan fingerprint density at radius 1 is 1.33 bits per heavy atom. The van der Waals surface area contributed by atoms with Crippen molar-refractivity contribution in [2.45, 2.75) is 63.3 Å². The molecule has 1 heterocycles. The van der Waals surface area contributed by atoms with Crippen molar-refractivity contribution in [3.63, 3.8) is 0 Å². The van der Waals surface area contributed by atoms with Gasteiger partial charge in [-0.05, 0) is 38.5 Å². The standard InChI is InChI=1S/C15H21N5O/c16-11-15(8-9-15)20-10-12(18-19-20)4-7-14(13(17)21)5-2-1-3-6-14/h10H,1-9H2,(H2,17,21). The van der Waals surface area contributed by atoms with Gasteiger partial charge in [-0.2, -0.15) is 5.26 Å². The van der Waals surface area contributed by atoms with Gasteiger partial charge in [-0.25, -0.2) is 4.68 Å². The first-order valence-electron chi connectivity index (χ1n) is 7.73. The van der Waals surface area contributed by atoms with E-state index in [1.54, 1.807) is 4.68 Å². The maximum atomic E-state index is 11.9. The third-order valence-electron chi connectivity index (χ3n) is 5.10. The monoisotopic (exact) mass is 287 g/mol. The lowest BCUT2D eigenvalue weighted by atomic mass is 9.70. The average molecular weight is 287 g/mol. The van der Waals surface area contributed by atoms with E-state index in [-0.39, 0.29) is 11.3 Å². The normalized spacial score (nSPS) is 22.4. The Labute approximate surface area is 124 Å². The average Bonchev–Trinajstić information content (AvgIpc) is 3.16. The second-order valence-corrected chi connectivity index (χ2v) is 6.50. The molecule has 2 aliphatic carbocycles. The molecule has 3 rings (SSSR count). The number of hydrogen-bond donors (Lipinski definition) is 1. The van der Waals surface area contributed by atoms with Crippen LogP contribution in [0.3, 0.4) is 0 Å². The summed E-state index contributed by atoms with van der Waals surface area (Å²) in [5, 5.41) is 17.4. The number of amides is 1. The van der Waals surface area contributed by atoms with Gasteiger partial charge in [0, 0.05) is 5.41 Å². The van der Waals surface area contributed by atoms with Crippen LogP contribution in [-0.2, 0) is 16.8 Å². The second kappa shape index (κ2) is 5.14. The number of nitrogens with zero attached hydrogens (tertiary/aromatic N) is 4. The molecular weight excluding hydrogens is 266 g/mol. The van der Waals surface area contributed by atoms with Gasteiger partial charge < -0.3 is 5.73 Å². The van der Waals surface area contributed by atoms with Crippen LogP contribution >= 0.6 is 0 Å². The maximum Gasteiger partial charge on any atom is 0.223 e. The molecule has 0 aromatic carbocycles. The highest BCUT2D eigenvalue weighted by atomic mass is 16.1. The van der Waals surface area contributed by atoms with Crippen molar-refractivity contribution in [2.24, 2.45) is 11.1 Å². The van der Waals surface area contributed by atoms with Gasteiger partial charge in [0.25, 0.3) is 0 Å². The Balaban J connectivity index is 1.67. The minimum absolute atomic E-state index is 0.176. The van der Waals surface area contributed by atoms with Gasteiger partial charge in [0.05, 0.1) is 18.0 Å². The van der Waals surface area contributed by atoms with Gasteiger partial charge >= 0.3 is 0 Å². The molecule has 0 radical (unpaired) electrons. The maximum absolute atomic E-state index is 11.9. The van der Waals surface area contributed by atoms with E-state index in [1.807, 2.05) is 6.20 Å².